The first-order chi connectivity index (χ1) is 12.8. The van der Waals surface area contributed by atoms with Crippen molar-refractivity contribution in [2.24, 2.45) is 11.8 Å². The molecule has 1 saturated carbocycles. The van der Waals surface area contributed by atoms with E-state index in [-0.39, 0.29) is 12.0 Å². The predicted molar refractivity (Wildman–Crippen MR) is 86.6 cm³/mol. The maximum atomic E-state index is 12.0. The lowest BCUT2D eigenvalue weighted by molar-refractivity contribution is -0.339. The first kappa shape index (κ1) is 20.2. The van der Waals surface area contributed by atoms with Gasteiger partial charge in [0.15, 0.2) is 6.29 Å². The molecular weight excluding hydrogens is 364 g/mol. The molecule has 9 atom stereocenters. The molecule has 2 aliphatic heterocycles. The molecule has 10 nitrogen and oxygen atoms in total. The van der Waals surface area contributed by atoms with E-state index in [2.05, 4.69) is 6.58 Å². The third-order valence-electron chi connectivity index (χ3n) is 5.33. The van der Waals surface area contributed by atoms with Crippen LogP contribution in [0.2, 0.25) is 0 Å². The molecule has 0 radical (unpaired) electrons. The molecule has 0 aromatic heterocycles. The number of methoxy groups -OCH3 is 1. The highest BCUT2D eigenvalue weighted by Gasteiger charge is 2.52. The van der Waals surface area contributed by atoms with Crippen LogP contribution in [0, 0.1) is 11.8 Å². The van der Waals surface area contributed by atoms with Crippen molar-refractivity contribution in [1.82, 2.24) is 0 Å². The lowest BCUT2D eigenvalue weighted by Crippen LogP contribution is -2.60. The summed E-state index contributed by atoms with van der Waals surface area (Å²) in [6.45, 7) is 3.24. The third-order valence-corrected chi connectivity index (χ3v) is 5.33. The van der Waals surface area contributed by atoms with E-state index >= 15 is 0 Å². The van der Waals surface area contributed by atoms with Crippen molar-refractivity contribution in [3.63, 3.8) is 0 Å². The summed E-state index contributed by atoms with van der Waals surface area (Å²) in [5, 5.41) is 49.3. The van der Waals surface area contributed by atoms with Gasteiger partial charge in [0, 0.05) is 5.92 Å². The minimum Gasteiger partial charge on any atom is -0.471 e. The average Bonchev–Trinajstić information content (AvgIpc) is 2.96. The number of hydrogen-bond acceptors (Lipinski definition) is 10. The molecule has 3 aliphatic rings. The molecular formula is C17H24O10. The van der Waals surface area contributed by atoms with Gasteiger partial charge >= 0.3 is 5.97 Å². The zero-order valence-electron chi connectivity index (χ0n) is 14.7. The lowest BCUT2D eigenvalue weighted by Gasteiger charge is -2.42. The maximum absolute atomic E-state index is 12.0. The number of ether oxygens (including phenoxy) is 4. The topological polar surface area (TPSA) is 155 Å². The molecule has 10 heteroatoms. The first-order valence-corrected chi connectivity index (χ1v) is 8.56. The largest absolute Gasteiger partial charge is 0.471 e. The minimum absolute atomic E-state index is 0.225. The molecule has 3 rings (SSSR count). The minimum atomic E-state index is -1.60. The Morgan fingerprint density at radius 2 is 1.93 bits per heavy atom. The molecule has 0 aromatic carbocycles. The number of carbonyl (C=O) groups is 1. The summed E-state index contributed by atoms with van der Waals surface area (Å²) in [7, 11) is 1.23. The van der Waals surface area contributed by atoms with E-state index in [1.807, 2.05) is 0 Å². The van der Waals surface area contributed by atoms with E-state index in [0.717, 1.165) is 0 Å². The van der Waals surface area contributed by atoms with Crippen LogP contribution in [0.3, 0.4) is 0 Å². The SMILES string of the molecule is C=C1[C@@H]2[C@H](O[C@@H]3O[C@H](CO)[C@@H](O)[C@H](O)[C@H]3O)OC=C(C(=O)OC)[C@@H]2C[C@H]1O. The third kappa shape index (κ3) is 3.49. The summed E-state index contributed by atoms with van der Waals surface area (Å²) < 4.78 is 21.2. The smallest absolute Gasteiger partial charge is 0.337 e. The molecule has 2 fully saturated rings. The number of hydrogen-bond donors (Lipinski definition) is 5. The Morgan fingerprint density at radius 3 is 2.56 bits per heavy atom. The van der Waals surface area contributed by atoms with E-state index < -0.39 is 67.5 Å². The zero-order chi connectivity index (χ0) is 19.9. The van der Waals surface area contributed by atoms with E-state index in [1.54, 1.807) is 0 Å². The van der Waals surface area contributed by atoms with Crippen LogP contribution in [0.5, 0.6) is 0 Å². The Kier molecular flexibility index (Phi) is 5.87. The summed E-state index contributed by atoms with van der Waals surface area (Å²) in [5.41, 5.74) is 0.623. The second-order valence-corrected chi connectivity index (χ2v) is 6.86. The van der Waals surface area contributed by atoms with Gasteiger partial charge in [-0.3, -0.25) is 0 Å². The summed E-state index contributed by atoms with van der Waals surface area (Å²) in [6.07, 6.45) is -7.82. The number of aliphatic hydroxyl groups is 5. The average molecular weight is 388 g/mol. The van der Waals surface area contributed by atoms with E-state index in [0.29, 0.717) is 5.57 Å². The highest BCUT2D eigenvalue weighted by molar-refractivity contribution is 5.89. The number of aliphatic hydroxyl groups excluding tert-OH is 5. The molecule has 0 spiro atoms. The van der Waals surface area contributed by atoms with Crippen LogP contribution >= 0.6 is 0 Å². The fraction of sp³-hybridized carbons (Fsp3) is 0.706. The zero-order valence-corrected chi connectivity index (χ0v) is 14.7. The van der Waals surface area contributed by atoms with Crippen molar-refractivity contribution in [2.75, 3.05) is 13.7 Å². The molecule has 152 valence electrons. The van der Waals surface area contributed by atoms with Crippen molar-refractivity contribution in [3.8, 4) is 0 Å². The van der Waals surface area contributed by atoms with Crippen LogP contribution in [0.1, 0.15) is 6.42 Å². The normalized spacial score (nSPS) is 44.3. The molecule has 5 N–H and O–H groups in total. The van der Waals surface area contributed by atoms with Gasteiger partial charge in [-0.1, -0.05) is 6.58 Å². The number of esters is 1. The first-order valence-electron chi connectivity index (χ1n) is 8.56. The van der Waals surface area contributed by atoms with Crippen LogP contribution in [0.4, 0.5) is 0 Å². The Labute approximate surface area is 155 Å². The maximum Gasteiger partial charge on any atom is 0.337 e. The van der Waals surface area contributed by atoms with Crippen molar-refractivity contribution < 1.29 is 49.3 Å². The molecule has 1 saturated heterocycles. The molecule has 2 heterocycles. The van der Waals surface area contributed by atoms with Crippen LogP contribution in [-0.4, -0.2) is 88.3 Å². The Hall–Kier alpha value is -1.53. The van der Waals surface area contributed by atoms with Crippen LogP contribution in [0.15, 0.2) is 24.0 Å². The van der Waals surface area contributed by atoms with Gasteiger partial charge in [-0.05, 0) is 12.0 Å². The van der Waals surface area contributed by atoms with Crippen LogP contribution < -0.4 is 0 Å². The van der Waals surface area contributed by atoms with Crippen molar-refractivity contribution >= 4 is 5.97 Å². The fourth-order valence-electron chi connectivity index (χ4n) is 3.76. The molecule has 27 heavy (non-hydrogen) atoms. The molecule has 0 unspecified atom stereocenters. The van der Waals surface area contributed by atoms with Gasteiger partial charge in [0.05, 0.1) is 37.6 Å². The molecule has 0 bridgehead atoms. The summed E-state index contributed by atoms with van der Waals surface area (Å²) >= 11 is 0. The molecule has 1 aliphatic carbocycles. The number of fused-ring (bicyclic) bond motifs is 1. The highest BCUT2D eigenvalue weighted by atomic mass is 16.8. The Morgan fingerprint density at radius 1 is 1.22 bits per heavy atom. The van der Waals surface area contributed by atoms with Gasteiger partial charge in [-0.25, -0.2) is 4.79 Å². The van der Waals surface area contributed by atoms with Crippen LogP contribution in [-0.2, 0) is 23.7 Å². The van der Waals surface area contributed by atoms with Gasteiger partial charge in [-0.15, -0.1) is 0 Å². The van der Waals surface area contributed by atoms with Gasteiger partial charge < -0.3 is 44.5 Å². The van der Waals surface area contributed by atoms with Gasteiger partial charge in [-0.2, -0.15) is 0 Å². The Balaban J connectivity index is 1.81. The van der Waals surface area contributed by atoms with Crippen molar-refractivity contribution in [3.05, 3.63) is 24.0 Å². The highest BCUT2D eigenvalue weighted by Crippen LogP contribution is 2.46. The van der Waals surface area contributed by atoms with Crippen LogP contribution in [0.25, 0.3) is 0 Å². The molecule has 0 aromatic rings. The summed E-state index contributed by atoms with van der Waals surface area (Å²) in [6, 6.07) is 0. The second kappa shape index (κ2) is 7.84. The fourth-order valence-corrected chi connectivity index (χ4v) is 3.76. The number of rotatable bonds is 4. The van der Waals surface area contributed by atoms with Crippen molar-refractivity contribution in [2.45, 2.75) is 49.5 Å². The van der Waals surface area contributed by atoms with Crippen molar-refractivity contribution in [1.29, 1.82) is 0 Å². The van der Waals surface area contributed by atoms with Gasteiger partial charge in [0.1, 0.15) is 24.4 Å². The Bertz CT molecular complexity index is 617. The second-order valence-electron chi connectivity index (χ2n) is 6.86. The number of carbonyl (C=O) groups excluding carboxylic acids is 1. The standard InChI is InChI=1S/C17H24O10/c1-6-9(19)3-7-8(15(23)24-2)5-25-16(11(6)7)27-17-14(22)13(21)12(20)10(4-18)26-17/h5,7,9-14,16-22H,1,3-4H2,2H3/t7-,9+,10+,11-,12+,13-,14+,16-,17-/m0/s1. The summed E-state index contributed by atoms with van der Waals surface area (Å²) in [4.78, 5) is 12.0. The summed E-state index contributed by atoms with van der Waals surface area (Å²) in [5.74, 6) is -1.69. The predicted octanol–water partition coefficient (Wildman–Crippen LogP) is -2.23. The van der Waals surface area contributed by atoms with E-state index in [1.165, 1.54) is 13.4 Å². The van der Waals surface area contributed by atoms with Gasteiger partial charge in [0.25, 0.3) is 0 Å². The van der Waals surface area contributed by atoms with E-state index in [9.17, 15) is 30.3 Å². The van der Waals surface area contributed by atoms with Gasteiger partial charge in [0.2, 0.25) is 6.29 Å². The molecule has 0 amide bonds. The van der Waals surface area contributed by atoms with E-state index in [4.69, 9.17) is 18.9 Å². The lowest BCUT2D eigenvalue weighted by atomic mass is 9.85. The monoisotopic (exact) mass is 388 g/mol. The quantitative estimate of drug-likeness (QED) is 0.264.